The molecule has 1 saturated heterocycles. The van der Waals surface area contributed by atoms with Crippen LogP contribution in [0, 0.1) is 5.82 Å². The van der Waals surface area contributed by atoms with Crippen LogP contribution in [0.1, 0.15) is 24.1 Å². The van der Waals surface area contributed by atoms with Crippen LogP contribution in [-0.4, -0.2) is 42.0 Å². The summed E-state index contributed by atoms with van der Waals surface area (Å²) in [5, 5.41) is 6.74. The molecule has 0 unspecified atom stereocenters. The fourth-order valence-corrected chi connectivity index (χ4v) is 3.43. The molecule has 1 aliphatic rings. The molecule has 1 aromatic heterocycles. The minimum atomic E-state index is -0.252. The van der Waals surface area contributed by atoms with E-state index in [2.05, 4.69) is 47.5 Å². The van der Waals surface area contributed by atoms with E-state index in [4.69, 9.17) is 0 Å². The minimum Gasteiger partial charge on any atom is -0.354 e. The highest BCUT2D eigenvalue weighted by molar-refractivity contribution is 9.10. The third-order valence-corrected chi connectivity index (χ3v) is 5.35. The lowest BCUT2D eigenvalue weighted by atomic mass is 10.0. The first kappa shape index (κ1) is 19.8. The summed E-state index contributed by atoms with van der Waals surface area (Å²) in [7, 11) is 1.76. The third kappa shape index (κ3) is 6.01. The number of benzene rings is 1. The lowest BCUT2D eigenvalue weighted by Crippen LogP contribution is -2.48. The van der Waals surface area contributed by atoms with Crippen LogP contribution in [0.5, 0.6) is 0 Å². The van der Waals surface area contributed by atoms with E-state index in [-0.39, 0.29) is 5.82 Å². The zero-order chi connectivity index (χ0) is 19.1. The quantitative estimate of drug-likeness (QED) is 0.560. The Morgan fingerprint density at radius 3 is 2.78 bits per heavy atom. The second-order valence-electron chi connectivity index (χ2n) is 6.69. The van der Waals surface area contributed by atoms with Crippen molar-refractivity contribution in [3.05, 3.63) is 64.1 Å². The van der Waals surface area contributed by atoms with E-state index < -0.39 is 0 Å². The summed E-state index contributed by atoms with van der Waals surface area (Å²) in [6.07, 6.45) is 3.96. The molecule has 2 N–H and O–H groups in total. The van der Waals surface area contributed by atoms with Crippen LogP contribution in [0.4, 0.5) is 4.39 Å². The number of hydrogen-bond acceptors (Lipinski definition) is 3. The van der Waals surface area contributed by atoms with Crippen LogP contribution in [0.25, 0.3) is 0 Å². The number of hydrogen-bond donors (Lipinski definition) is 2. The maximum Gasteiger partial charge on any atom is 0.191 e. The van der Waals surface area contributed by atoms with Gasteiger partial charge in [0.05, 0.1) is 10.2 Å². The molecular weight excluding hydrogens is 409 g/mol. The molecule has 1 fully saturated rings. The number of piperidine rings is 1. The number of halogens is 2. The lowest BCUT2D eigenvalue weighted by molar-refractivity contribution is 0.196. The summed E-state index contributed by atoms with van der Waals surface area (Å²) in [5.74, 6) is 0.499. The lowest BCUT2D eigenvalue weighted by Gasteiger charge is -2.32. The Morgan fingerprint density at radius 1 is 1.30 bits per heavy atom. The zero-order valence-electron chi connectivity index (χ0n) is 15.5. The van der Waals surface area contributed by atoms with Crippen molar-refractivity contribution < 1.29 is 4.39 Å². The van der Waals surface area contributed by atoms with Gasteiger partial charge in [0.1, 0.15) is 5.82 Å². The van der Waals surface area contributed by atoms with Gasteiger partial charge in [-0.1, -0.05) is 12.1 Å². The molecule has 5 nitrogen and oxygen atoms in total. The number of aliphatic imine (C=N–C) groups is 1. The average molecular weight is 434 g/mol. The Morgan fingerprint density at radius 2 is 2.11 bits per heavy atom. The van der Waals surface area contributed by atoms with E-state index in [1.54, 1.807) is 13.1 Å². The molecule has 0 bridgehead atoms. The molecule has 0 saturated carbocycles. The summed E-state index contributed by atoms with van der Waals surface area (Å²) in [6.45, 7) is 3.49. The number of rotatable bonds is 5. The average Bonchev–Trinajstić information content (AvgIpc) is 2.70. The standard InChI is InChI=1S/C20H25BrFN5/c1-23-20(25-13-15-5-6-18(21)19(22)12-15)26-16-7-10-27(11-8-16)14-17-4-2-3-9-24-17/h2-6,9,12,16H,7-8,10-11,13-14H2,1H3,(H2,23,25,26). The van der Waals surface area contributed by atoms with E-state index in [0.29, 0.717) is 17.1 Å². The van der Waals surface area contributed by atoms with Gasteiger partial charge in [0, 0.05) is 45.5 Å². The predicted octanol–water partition coefficient (Wildman–Crippen LogP) is 3.31. The number of pyridine rings is 1. The van der Waals surface area contributed by atoms with E-state index in [1.165, 1.54) is 6.07 Å². The molecule has 3 rings (SSSR count). The van der Waals surface area contributed by atoms with Crippen molar-refractivity contribution in [2.24, 2.45) is 4.99 Å². The van der Waals surface area contributed by atoms with Crippen LogP contribution in [0.3, 0.4) is 0 Å². The summed E-state index contributed by atoms with van der Waals surface area (Å²) >= 11 is 3.18. The first-order valence-corrected chi connectivity index (χ1v) is 9.96. The van der Waals surface area contributed by atoms with Crippen LogP contribution < -0.4 is 10.6 Å². The molecule has 1 aliphatic heterocycles. The van der Waals surface area contributed by atoms with E-state index in [0.717, 1.165) is 49.7 Å². The molecule has 0 spiro atoms. The molecule has 1 aromatic carbocycles. The Hall–Kier alpha value is -1.99. The summed E-state index contributed by atoms with van der Waals surface area (Å²) in [6, 6.07) is 11.6. The summed E-state index contributed by atoms with van der Waals surface area (Å²) in [5.41, 5.74) is 1.99. The molecule has 144 valence electrons. The topological polar surface area (TPSA) is 52.6 Å². The Balaban J connectivity index is 1.43. The van der Waals surface area contributed by atoms with Crippen molar-refractivity contribution in [3.63, 3.8) is 0 Å². The van der Waals surface area contributed by atoms with Crippen LogP contribution in [0.15, 0.2) is 52.1 Å². The Bertz CT molecular complexity index is 760. The van der Waals surface area contributed by atoms with Crippen molar-refractivity contribution in [2.75, 3.05) is 20.1 Å². The Labute approximate surface area is 168 Å². The van der Waals surface area contributed by atoms with Gasteiger partial charge in [-0.3, -0.25) is 14.9 Å². The van der Waals surface area contributed by atoms with E-state index in [1.807, 2.05) is 24.4 Å². The second kappa shape index (κ2) is 9.80. The highest BCUT2D eigenvalue weighted by Gasteiger charge is 2.20. The minimum absolute atomic E-state index is 0.252. The SMILES string of the molecule is CN=C(NCc1ccc(Br)c(F)c1)NC1CCN(Cc2ccccn2)CC1. The maximum atomic E-state index is 13.6. The predicted molar refractivity (Wildman–Crippen MR) is 110 cm³/mol. The summed E-state index contributed by atoms with van der Waals surface area (Å²) < 4.78 is 14.1. The van der Waals surface area contributed by atoms with Gasteiger partial charge in [-0.2, -0.15) is 0 Å². The van der Waals surface area contributed by atoms with Gasteiger partial charge in [0.15, 0.2) is 5.96 Å². The zero-order valence-corrected chi connectivity index (χ0v) is 17.0. The van der Waals surface area contributed by atoms with Gasteiger partial charge < -0.3 is 10.6 Å². The first-order valence-electron chi connectivity index (χ1n) is 9.17. The summed E-state index contributed by atoms with van der Waals surface area (Å²) in [4.78, 5) is 11.1. The smallest absolute Gasteiger partial charge is 0.191 e. The number of guanidine groups is 1. The molecule has 7 heteroatoms. The second-order valence-corrected chi connectivity index (χ2v) is 7.54. The van der Waals surface area contributed by atoms with Crippen LogP contribution >= 0.6 is 15.9 Å². The van der Waals surface area contributed by atoms with Gasteiger partial charge in [-0.25, -0.2) is 4.39 Å². The molecule has 0 aliphatic carbocycles. The van der Waals surface area contributed by atoms with Gasteiger partial charge in [-0.15, -0.1) is 0 Å². The Kier molecular flexibility index (Phi) is 7.18. The number of aromatic nitrogens is 1. The molecule has 0 atom stereocenters. The first-order chi connectivity index (χ1) is 13.1. The fourth-order valence-electron chi connectivity index (χ4n) is 3.18. The van der Waals surface area contributed by atoms with Crippen LogP contribution in [-0.2, 0) is 13.1 Å². The number of likely N-dealkylation sites (tertiary alicyclic amines) is 1. The van der Waals surface area contributed by atoms with Gasteiger partial charge in [0.2, 0.25) is 0 Å². The van der Waals surface area contributed by atoms with Gasteiger partial charge >= 0.3 is 0 Å². The van der Waals surface area contributed by atoms with Crippen molar-refractivity contribution >= 4 is 21.9 Å². The van der Waals surface area contributed by atoms with Gasteiger partial charge in [-0.05, 0) is 58.6 Å². The fraction of sp³-hybridized carbons (Fsp3) is 0.400. The molecule has 0 radical (unpaired) electrons. The van der Waals surface area contributed by atoms with Crippen molar-refractivity contribution in [1.82, 2.24) is 20.5 Å². The van der Waals surface area contributed by atoms with E-state index >= 15 is 0 Å². The molecule has 0 amide bonds. The highest BCUT2D eigenvalue weighted by Crippen LogP contribution is 2.16. The molecule has 27 heavy (non-hydrogen) atoms. The van der Waals surface area contributed by atoms with Crippen molar-refractivity contribution in [3.8, 4) is 0 Å². The molecule has 2 aromatic rings. The van der Waals surface area contributed by atoms with Crippen molar-refractivity contribution in [1.29, 1.82) is 0 Å². The normalized spacial score (nSPS) is 16.3. The third-order valence-electron chi connectivity index (χ3n) is 4.71. The van der Waals surface area contributed by atoms with Gasteiger partial charge in [0.25, 0.3) is 0 Å². The highest BCUT2D eigenvalue weighted by atomic mass is 79.9. The van der Waals surface area contributed by atoms with Crippen LogP contribution in [0.2, 0.25) is 0 Å². The number of nitrogens with zero attached hydrogens (tertiary/aromatic N) is 3. The molecule has 2 heterocycles. The number of nitrogens with one attached hydrogen (secondary N) is 2. The monoisotopic (exact) mass is 433 g/mol. The molecular formula is C20H25BrFN5. The maximum absolute atomic E-state index is 13.6. The van der Waals surface area contributed by atoms with Crippen molar-refractivity contribution in [2.45, 2.75) is 32.0 Å². The van der Waals surface area contributed by atoms with E-state index in [9.17, 15) is 4.39 Å². The largest absolute Gasteiger partial charge is 0.354 e.